The zero-order valence-electron chi connectivity index (χ0n) is 19.1. The summed E-state index contributed by atoms with van der Waals surface area (Å²) >= 11 is 0. The van der Waals surface area contributed by atoms with Crippen LogP contribution in [0.5, 0.6) is 0 Å². The Morgan fingerprint density at radius 2 is 1.81 bits per heavy atom. The van der Waals surface area contributed by atoms with Gasteiger partial charge in [-0.05, 0) is 51.6 Å². The van der Waals surface area contributed by atoms with E-state index in [0.29, 0.717) is 36.5 Å². The van der Waals surface area contributed by atoms with Crippen molar-refractivity contribution >= 4 is 23.6 Å². The van der Waals surface area contributed by atoms with Gasteiger partial charge in [-0.3, -0.25) is 4.79 Å². The van der Waals surface area contributed by atoms with Gasteiger partial charge in [-0.15, -0.1) is 0 Å². The summed E-state index contributed by atoms with van der Waals surface area (Å²) in [6, 6.07) is 8.19. The number of fused-ring (bicyclic) bond motifs is 1. The van der Waals surface area contributed by atoms with Crippen LogP contribution < -0.4 is 11.0 Å². The van der Waals surface area contributed by atoms with E-state index in [9.17, 15) is 4.79 Å². The molecule has 2 fully saturated rings. The number of rotatable bonds is 4. The first-order valence-corrected chi connectivity index (χ1v) is 11.2. The molecule has 0 aliphatic carbocycles. The molecule has 0 saturated carbocycles. The molecular weight excluding hydrogens is 407 g/mol. The first-order valence-electron chi connectivity index (χ1n) is 11.2. The van der Waals surface area contributed by atoms with E-state index in [0.717, 1.165) is 23.9 Å². The highest BCUT2D eigenvalue weighted by Gasteiger charge is 2.52. The lowest BCUT2D eigenvalue weighted by atomic mass is 9.75. The maximum absolute atomic E-state index is 12.8. The fourth-order valence-electron chi connectivity index (χ4n) is 4.34. The van der Waals surface area contributed by atoms with Crippen LogP contribution in [0.2, 0.25) is 0 Å². The van der Waals surface area contributed by atoms with Crippen molar-refractivity contribution in [3.63, 3.8) is 0 Å². The molecule has 5 rings (SSSR count). The van der Waals surface area contributed by atoms with Crippen molar-refractivity contribution in [2.45, 2.75) is 64.2 Å². The highest BCUT2D eigenvalue weighted by Crippen LogP contribution is 2.36. The van der Waals surface area contributed by atoms with Gasteiger partial charge in [-0.1, -0.05) is 24.3 Å². The Morgan fingerprint density at radius 1 is 1.12 bits per heavy atom. The second kappa shape index (κ2) is 7.83. The van der Waals surface area contributed by atoms with Gasteiger partial charge < -0.3 is 19.0 Å². The first-order chi connectivity index (χ1) is 15.2. The Hall–Kier alpha value is -2.49. The molecule has 8 nitrogen and oxygen atoms in total. The largest absolute Gasteiger partial charge is 0.495 e. The Labute approximate surface area is 187 Å². The second-order valence-corrected chi connectivity index (χ2v) is 9.65. The summed E-state index contributed by atoms with van der Waals surface area (Å²) < 4.78 is 19.9. The average Bonchev–Trinajstić information content (AvgIpc) is 3.27. The summed E-state index contributed by atoms with van der Waals surface area (Å²) in [6.07, 6.45) is 3.81. The number of nitrogens with zero attached hydrogens (tertiary/aromatic N) is 3. The number of aromatic amines is 1. The van der Waals surface area contributed by atoms with E-state index in [4.69, 9.17) is 19.0 Å². The van der Waals surface area contributed by atoms with Crippen molar-refractivity contribution < 1.29 is 14.0 Å². The van der Waals surface area contributed by atoms with E-state index in [2.05, 4.69) is 10.1 Å². The Morgan fingerprint density at radius 3 is 2.53 bits per heavy atom. The predicted octanol–water partition coefficient (Wildman–Crippen LogP) is 2.36. The molecule has 2 aliphatic rings. The summed E-state index contributed by atoms with van der Waals surface area (Å²) in [7, 11) is -0.473. The van der Waals surface area contributed by atoms with Gasteiger partial charge in [0.05, 0.1) is 23.4 Å². The van der Waals surface area contributed by atoms with Gasteiger partial charge >= 0.3 is 7.12 Å². The molecule has 0 bridgehead atoms. The number of hydrogen-bond donors (Lipinski definition) is 1. The molecule has 0 amide bonds. The number of ether oxygens (including phenoxy) is 1. The van der Waals surface area contributed by atoms with E-state index in [1.807, 2.05) is 56.6 Å². The average molecular weight is 436 g/mol. The fourth-order valence-corrected chi connectivity index (χ4v) is 4.34. The van der Waals surface area contributed by atoms with E-state index in [1.54, 1.807) is 6.20 Å². The van der Waals surface area contributed by atoms with Gasteiger partial charge in [0.15, 0.2) is 5.65 Å². The van der Waals surface area contributed by atoms with Gasteiger partial charge in [0.25, 0.3) is 5.56 Å². The number of aromatic nitrogens is 4. The molecule has 2 aromatic heterocycles. The van der Waals surface area contributed by atoms with Crippen LogP contribution in [0.4, 0.5) is 0 Å². The summed E-state index contributed by atoms with van der Waals surface area (Å²) in [5, 5.41) is 4.99. The molecule has 0 unspecified atom stereocenters. The quantitative estimate of drug-likeness (QED) is 0.632. The third-order valence-electron chi connectivity index (χ3n) is 6.97. The molecule has 2 saturated heterocycles. The molecular formula is C23H29BN4O4. The van der Waals surface area contributed by atoms with Gasteiger partial charge in [-0.2, -0.15) is 5.10 Å². The van der Waals surface area contributed by atoms with Crippen LogP contribution >= 0.6 is 0 Å². The lowest BCUT2D eigenvalue weighted by Gasteiger charge is -2.32. The SMILES string of the molecule is CC1(C)OB(c2ccccc2Cc2nc3c(cnn3C3CCOCC3)c(=O)[nH]2)OC1(C)C. The van der Waals surface area contributed by atoms with Crippen molar-refractivity contribution in [2.75, 3.05) is 13.2 Å². The third-order valence-corrected chi connectivity index (χ3v) is 6.97. The highest BCUT2D eigenvalue weighted by atomic mass is 16.7. The highest BCUT2D eigenvalue weighted by molar-refractivity contribution is 6.62. The molecule has 0 spiro atoms. The lowest BCUT2D eigenvalue weighted by molar-refractivity contribution is 0.00578. The van der Waals surface area contributed by atoms with E-state index < -0.39 is 18.3 Å². The molecule has 3 aromatic rings. The van der Waals surface area contributed by atoms with Crippen molar-refractivity contribution in [3.05, 3.63) is 52.2 Å². The molecule has 32 heavy (non-hydrogen) atoms. The van der Waals surface area contributed by atoms with Crippen LogP contribution in [-0.4, -0.2) is 51.3 Å². The van der Waals surface area contributed by atoms with Gasteiger partial charge in [0, 0.05) is 19.6 Å². The van der Waals surface area contributed by atoms with Crippen LogP contribution in [-0.2, 0) is 20.5 Å². The van der Waals surface area contributed by atoms with Crippen LogP contribution in [0.25, 0.3) is 11.0 Å². The molecule has 1 N–H and O–H groups in total. The number of nitrogens with one attached hydrogen (secondary N) is 1. The zero-order chi connectivity index (χ0) is 22.5. The van der Waals surface area contributed by atoms with Crippen molar-refractivity contribution in [1.82, 2.24) is 19.7 Å². The van der Waals surface area contributed by atoms with E-state index >= 15 is 0 Å². The Bertz CT molecular complexity index is 1180. The van der Waals surface area contributed by atoms with Gasteiger partial charge in [-0.25, -0.2) is 9.67 Å². The predicted molar refractivity (Wildman–Crippen MR) is 122 cm³/mol. The van der Waals surface area contributed by atoms with Crippen molar-refractivity contribution in [1.29, 1.82) is 0 Å². The fraction of sp³-hybridized carbons (Fsp3) is 0.522. The summed E-state index contributed by atoms with van der Waals surface area (Å²) in [5.74, 6) is 0.597. The van der Waals surface area contributed by atoms with Crippen molar-refractivity contribution in [3.8, 4) is 0 Å². The summed E-state index contributed by atoms with van der Waals surface area (Å²) in [6.45, 7) is 9.56. The minimum Gasteiger partial charge on any atom is -0.399 e. The standard InChI is InChI=1S/C23H29BN4O4/c1-22(2)23(3,4)32-24(31-22)18-8-6-5-7-15(18)13-19-26-20-17(21(29)27-19)14-25-28(20)16-9-11-30-12-10-16/h5-8,14,16H,9-13H2,1-4H3,(H,26,27,29). The maximum Gasteiger partial charge on any atom is 0.495 e. The Balaban J connectivity index is 1.49. The first kappa shape index (κ1) is 21.4. The number of H-pyrrole nitrogens is 1. The second-order valence-electron chi connectivity index (χ2n) is 9.65. The van der Waals surface area contributed by atoms with E-state index in [-0.39, 0.29) is 11.6 Å². The number of benzene rings is 1. The summed E-state index contributed by atoms with van der Waals surface area (Å²) in [4.78, 5) is 20.5. The molecule has 1 aromatic carbocycles. The van der Waals surface area contributed by atoms with Gasteiger partial charge in [0.2, 0.25) is 0 Å². The molecule has 0 radical (unpaired) electrons. The topological polar surface area (TPSA) is 91.3 Å². The van der Waals surface area contributed by atoms with E-state index in [1.165, 1.54) is 0 Å². The molecule has 4 heterocycles. The van der Waals surface area contributed by atoms with Gasteiger partial charge in [0.1, 0.15) is 11.2 Å². The maximum atomic E-state index is 12.8. The minimum atomic E-state index is -0.473. The molecule has 168 valence electrons. The van der Waals surface area contributed by atoms with Crippen LogP contribution in [0.1, 0.15) is 58.0 Å². The van der Waals surface area contributed by atoms with Crippen LogP contribution in [0, 0.1) is 0 Å². The lowest BCUT2D eigenvalue weighted by Crippen LogP contribution is -2.41. The molecule has 0 atom stereocenters. The Kier molecular flexibility index (Phi) is 5.23. The van der Waals surface area contributed by atoms with Crippen molar-refractivity contribution in [2.24, 2.45) is 0 Å². The zero-order valence-corrected chi connectivity index (χ0v) is 19.1. The smallest absolute Gasteiger partial charge is 0.399 e. The minimum absolute atomic E-state index is 0.170. The third kappa shape index (κ3) is 3.68. The molecule has 2 aliphatic heterocycles. The summed E-state index contributed by atoms with van der Waals surface area (Å²) in [5.41, 5.74) is 1.57. The van der Waals surface area contributed by atoms with Crippen LogP contribution in [0.15, 0.2) is 35.3 Å². The number of hydrogen-bond acceptors (Lipinski definition) is 6. The van der Waals surface area contributed by atoms with Crippen LogP contribution in [0.3, 0.4) is 0 Å². The monoisotopic (exact) mass is 436 g/mol. The normalized spacial score (nSPS) is 20.8. The molecule has 9 heteroatoms.